The minimum Gasteiger partial charge on any atom is -0.271 e. The number of hydrogen-bond acceptors (Lipinski definition) is 4. The SMILES string of the molecule is O=C(CN(c1cccc(Cl)c1)S(=O)(=O)c1ccc(Cl)cc1)N/N=C\c1ccc(Cl)c(Cl)c1. The number of halogens is 4. The second-order valence-corrected chi connectivity index (χ2v) is 9.96. The number of carbonyl (C=O) groups excluding carboxylic acids is 1. The van der Waals surface area contributed by atoms with E-state index in [0.717, 1.165) is 4.31 Å². The molecule has 3 rings (SSSR count). The van der Waals surface area contributed by atoms with E-state index >= 15 is 0 Å². The van der Waals surface area contributed by atoms with Gasteiger partial charge in [0.25, 0.3) is 15.9 Å². The fourth-order valence-electron chi connectivity index (χ4n) is 2.62. The van der Waals surface area contributed by atoms with Gasteiger partial charge in [-0.25, -0.2) is 13.8 Å². The fourth-order valence-corrected chi connectivity index (χ4v) is 4.65. The standard InChI is InChI=1S/C21H15Cl4N3O3S/c22-15-5-7-18(8-6-15)32(30,31)28(17-3-1-2-16(23)11-17)13-21(29)27-26-12-14-4-9-19(24)20(25)10-14/h1-12H,13H2,(H,27,29)/b26-12-. The van der Waals surface area contributed by atoms with Crippen LogP contribution in [-0.2, 0) is 14.8 Å². The second kappa shape index (κ2) is 10.6. The highest BCUT2D eigenvalue weighted by molar-refractivity contribution is 7.92. The largest absolute Gasteiger partial charge is 0.271 e. The number of carbonyl (C=O) groups is 1. The first-order valence-electron chi connectivity index (χ1n) is 8.97. The van der Waals surface area contributed by atoms with Crippen molar-refractivity contribution >= 4 is 74.2 Å². The highest BCUT2D eigenvalue weighted by Gasteiger charge is 2.27. The number of nitrogens with one attached hydrogen (secondary N) is 1. The van der Waals surface area contributed by atoms with Crippen molar-refractivity contribution < 1.29 is 13.2 Å². The molecule has 166 valence electrons. The highest BCUT2D eigenvalue weighted by Crippen LogP contribution is 2.27. The van der Waals surface area contributed by atoms with Gasteiger partial charge in [0.05, 0.1) is 26.8 Å². The molecule has 0 aromatic heterocycles. The van der Waals surface area contributed by atoms with Crippen molar-refractivity contribution in [2.24, 2.45) is 5.10 Å². The maximum absolute atomic E-state index is 13.2. The summed E-state index contributed by atoms with van der Waals surface area (Å²) in [6.07, 6.45) is 1.36. The Balaban J connectivity index is 1.84. The van der Waals surface area contributed by atoms with E-state index in [0.29, 0.717) is 25.7 Å². The maximum Gasteiger partial charge on any atom is 0.264 e. The molecular weight excluding hydrogens is 516 g/mol. The fraction of sp³-hybridized carbons (Fsp3) is 0.0476. The number of hydrogen-bond donors (Lipinski definition) is 1. The van der Waals surface area contributed by atoms with E-state index in [9.17, 15) is 13.2 Å². The average molecular weight is 531 g/mol. The molecule has 0 aliphatic carbocycles. The van der Waals surface area contributed by atoms with E-state index < -0.39 is 22.5 Å². The molecule has 0 atom stereocenters. The predicted molar refractivity (Wildman–Crippen MR) is 130 cm³/mol. The lowest BCUT2D eigenvalue weighted by molar-refractivity contribution is -0.119. The summed E-state index contributed by atoms with van der Waals surface area (Å²) >= 11 is 23.7. The summed E-state index contributed by atoms with van der Waals surface area (Å²) in [6.45, 7) is -0.538. The number of amides is 1. The van der Waals surface area contributed by atoms with Crippen molar-refractivity contribution in [2.75, 3.05) is 10.8 Å². The smallest absolute Gasteiger partial charge is 0.264 e. The van der Waals surface area contributed by atoms with Crippen LogP contribution in [0.25, 0.3) is 0 Å². The van der Waals surface area contributed by atoms with E-state index in [4.69, 9.17) is 46.4 Å². The molecule has 11 heteroatoms. The van der Waals surface area contributed by atoms with Crippen LogP contribution in [-0.4, -0.2) is 27.1 Å². The zero-order chi connectivity index (χ0) is 23.3. The molecular formula is C21H15Cl4N3O3S. The third-order valence-corrected chi connectivity index (χ3v) is 7.15. The van der Waals surface area contributed by atoms with E-state index in [2.05, 4.69) is 10.5 Å². The van der Waals surface area contributed by atoms with Crippen molar-refractivity contribution in [1.82, 2.24) is 5.43 Å². The van der Waals surface area contributed by atoms with E-state index in [1.54, 1.807) is 30.3 Å². The van der Waals surface area contributed by atoms with Gasteiger partial charge in [-0.2, -0.15) is 5.10 Å². The summed E-state index contributed by atoms with van der Waals surface area (Å²) in [5.74, 6) is -0.668. The summed E-state index contributed by atoms with van der Waals surface area (Å²) in [7, 11) is -4.10. The third-order valence-electron chi connectivity index (χ3n) is 4.13. The Morgan fingerprint density at radius 3 is 2.28 bits per heavy atom. The molecule has 1 amide bonds. The van der Waals surface area contributed by atoms with E-state index in [-0.39, 0.29) is 10.6 Å². The summed E-state index contributed by atoms with van der Waals surface area (Å²) in [5, 5.41) is 5.27. The van der Waals surface area contributed by atoms with Crippen LogP contribution in [0, 0.1) is 0 Å². The molecule has 0 saturated heterocycles. The van der Waals surface area contributed by atoms with Crippen molar-refractivity contribution in [1.29, 1.82) is 0 Å². The molecule has 3 aromatic rings. The van der Waals surface area contributed by atoms with E-state index in [1.807, 2.05) is 0 Å². The van der Waals surface area contributed by atoms with Crippen LogP contribution in [0.2, 0.25) is 20.1 Å². The molecule has 0 fully saturated rings. The minimum atomic E-state index is -4.10. The third kappa shape index (κ3) is 6.15. The molecule has 32 heavy (non-hydrogen) atoms. The zero-order valence-electron chi connectivity index (χ0n) is 16.2. The van der Waals surface area contributed by atoms with Gasteiger partial charge in [0.15, 0.2) is 0 Å². The molecule has 0 aliphatic heterocycles. The predicted octanol–water partition coefficient (Wildman–Crippen LogP) is 5.65. The summed E-state index contributed by atoms with van der Waals surface area (Å²) in [6, 6.07) is 16.6. The van der Waals surface area contributed by atoms with Gasteiger partial charge in [-0.1, -0.05) is 58.5 Å². The first-order chi connectivity index (χ1) is 15.2. The van der Waals surface area contributed by atoms with Crippen molar-refractivity contribution in [3.63, 3.8) is 0 Å². The second-order valence-electron chi connectivity index (χ2n) is 6.41. The number of benzene rings is 3. The van der Waals surface area contributed by atoms with Gasteiger partial charge >= 0.3 is 0 Å². The number of anilines is 1. The maximum atomic E-state index is 13.2. The Bertz CT molecular complexity index is 1270. The monoisotopic (exact) mass is 529 g/mol. The van der Waals surface area contributed by atoms with Gasteiger partial charge in [0.1, 0.15) is 6.54 Å². The zero-order valence-corrected chi connectivity index (χ0v) is 20.0. The Labute approximate surface area is 205 Å². The number of rotatable bonds is 7. The van der Waals surface area contributed by atoms with Crippen molar-refractivity contribution in [3.05, 3.63) is 92.4 Å². The normalized spacial score (nSPS) is 11.5. The molecule has 0 radical (unpaired) electrons. The van der Waals surface area contributed by atoms with Gasteiger partial charge in [-0.3, -0.25) is 9.10 Å². The number of sulfonamides is 1. The Kier molecular flexibility index (Phi) is 8.03. The molecule has 1 N–H and O–H groups in total. The quantitative estimate of drug-likeness (QED) is 0.317. The van der Waals surface area contributed by atoms with E-state index in [1.165, 1.54) is 42.6 Å². The van der Waals surface area contributed by atoms with Gasteiger partial charge in [-0.15, -0.1) is 0 Å². The van der Waals surface area contributed by atoms with Crippen LogP contribution < -0.4 is 9.73 Å². The molecule has 0 bridgehead atoms. The van der Waals surface area contributed by atoms with Gasteiger partial charge in [0, 0.05) is 10.0 Å². The van der Waals surface area contributed by atoms with Crippen LogP contribution in [0.4, 0.5) is 5.69 Å². The topological polar surface area (TPSA) is 78.8 Å². The first kappa shape index (κ1) is 24.4. The lowest BCUT2D eigenvalue weighted by Gasteiger charge is -2.23. The Morgan fingerprint density at radius 1 is 0.906 bits per heavy atom. The number of hydrazone groups is 1. The van der Waals surface area contributed by atoms with Crippen LogP contribution in [0.5, 0.6) is 0 Å². The molecule has 6 nitrogen and oxygen atoms in total. The lowest BCUT2D eigenvalue weighted by atomic mass is 10.2. The summed E-state index contributed by atoms with van der Waals surface area (Å²) in [4.78, 5) is 12.5. The number of nitrogens with zero attached hydrogens (tertiary/aromatic N) is 2. The lowest BCUT2D eigenvalue weighted by Crippen LogP contribution is -2.39. The minimum absolute atomic E-state index is 0.0333. The van der Waals surface area contributed by atoms with Crippen molar-refractivity contribution in [2.45, 2.75) is 4.90 Å². The van der Waals surface area contributed by atoms with Crippen LogP contribution in [0.1, 0.15) is 5.56 Å². The molecule has 0 saturated carbocycles. The first-order valence-corrected chi connectivity index (χ1v) is 11.9. The van der Waals surface area contributed by atoms with Gasteiger partial charge in [0.2, 0.25) is 0 Å². The Morgan fingerprint density at radius 2 is 1.62 bits per heavy atom. The van der Waals surface area contributed by atoms with Gasteiger partial charge in [-0.05, 0) is 60.2 Å². The molecule has 0 unspecified atom stereocenters. The van der Waals surface area contributed by atoms with Crippen LogP contribution in [0.3, 0.4) is 0 Å². The molecule has 0 aliphatic rings. The summed E-state index contributed by atoms with van der Waals surface area (Å²) < 4.78 is 27.4. The highest BCUT2D eigenvalue weighted by atomic mass is 35.5. The molecule has 0 heterocycles. The molecule has 3 aromatic carbocycles. The molecule has 0 spiro atoms. The Hall–Kier alpha value is -2.29. The summed E-state index contributed by atoms with van der Waals surface area (Å²) in [5.41, 5.74) is 3.12. The van der Waals surface area contributed by atoms with Crippen molar-refractivity contribution in [3.8, 4) is 0 Å². The van der Waals surface area contributed by atoms with Crippen LogP contribution >= 0.6 is 46.4 Å². The van der Waals surface area contributed by atoms with Gasteiger partial charge < -0.3 is 0 Å². The van der Waals surface area contributed by atoms with Crippen LogP contribution in [0.15, 0.2) is 76.7 Å². The average Bonchev–Trinajstić information content (AvgIpc) is 2.75.